The van der Waals surface area contributed by atoms with Gasteiger partial charge in [-0.1, -0.05) is 0 Å². The Morgan fingerprint density at radius 2 is 1.57 bits per heavy atom. The molecule has 0 bridgehead atoms. The summed E-state index contributed by atoms with van der Waals surface area (Å²) in [6.07, 6.45) is -2.05. The SMILES string of the molecule is CC(C)(c1ncc(N)cn1)C(F)(F)F. The highest BCUT2D eigenvalue weighted by Crippen LogP contribution is 2.38. The third kappa shape index (κ3) is 1.78. The minimum Gasteiger partial charge on any atom is -0.396 e. The molecular weight excluding hydrogens is 195 g/mol. The summed E-state index contributed by atoms with van der Waals surface area (Å²) < 4.78 is 37.5. The zero-order valence-electron chi connectivity index (χ0n) is 7.76. The molecule has 0 fully saturated rings. The van der Waals surface area contributed by atoms with E-state index in [2.05, 4.69) is 9.97 Å². The van der Waals surface area contributed by atoms with E-state index in [-0.39, 0.29) is 11.5 Å². The number of nitrogen functional groups attached to an aromatic ring is 1. The van der Waals surface area contributed by atoms with E-state index < -0.39 is 11.6 Å². The lowest BCUT2D eigenvalue weighted by Gasteiger charge is -2.25. The van der Waals surface area contributed by atoms with Crippen molar-refractivity contribution < 1.29 is 13.2 Å². The van der Waals surface area contributed by atoms with Gasteiger partial charge < -0.3 is 5.73 Å². The Labute approximate surface area is 79.2 Å². The summed E-state index contributed by atoms with van der Waals surface area (Å²) in [7, 11) is 0. The van der Waals surface area contributed by atoms with Crippen LogP contribution in [0.2, 0.25) is 0 Å². The lowest BCUT2D eigenvalue weighted by Crippen LogP contribution is -2.38. The topological polar surface area (TPSA) is 51.8 Å². The highest BCUT2D eigenvalue weighted by molar-refractivity contribution is 5.31. The molecule has 0 aromatic carbocycles. The Morgan fingerprint density at radius 1 is 1.14 bits per heavy atom. The number of hydrogen-bond acceptors (Lipinski definition) is 3. The quantitative estimate of drug-likeness (QED) is 0.761. The van der Waals surface area contributed by atoms with Gasteiger partial charge in [0.05, 0.1) is 18.1 Å². The number of alkyl halides is 3. The molecule has 2 N–H and O–H groups in total. The van der Waals surface area contributed by atoms with Crippen molar-refractivity contribution >= 4 is 5.69 Å². The van der Waals surface area contributed by atoms with E-state index in [1.165, 1.54) is 0 Å². The maximum atomic E-state index is 12.5. The normalized spacial score (nSPS) is 12.9. The molecule has 0 spiro atoms. The van der Waals surface area contributed by atoms with Crippen molar-refractivity contribution in [2.45, 2.75) is 25.4 Å². The molecule has 0 amide bonds. The molecule has 1 aromatic rings. The smallest absolute Gasteiger partial charge is 0.396 e. The lowest BCUT2D eigenvalue weighted by atomic mass is 9.91. The first kappa shape index (κ1) is 10.7. The molecule has 3 nitrogen and oxygen atoms in total. The van der Waals surface area contributed by atoms with Gasteiger partial charge in [0.2, 0.25) is 0 Å². The van der Waals surface area contributed by atoms with Crippen molar-refractivity contribution in [3.8, 4) is 0 Å². The second-order valence-corrected chi connectivity index (χ2v) is 3.46. The van der Waals surface area contributed by atoms with Gasteiger partial charge in [-0.2, -0.15) is 13.2 Å². The van der Waals surface area contributed by atoms with E-state index in [4.69, 9.17) is 5.73 Å². The Morgan fingerprint density at radius 3 is 1.93 bits per heavy atom. The minimum absolute atomic E-state index is 0.242. The molecule has 1 rings (SSSR count). The second-order valence-electron chi connectivity index (χ2n) is 3.46. The van der Waals surface area contributed by atoms with Gasteiger partial charge in [-0.15, -0.1) is 0 Å². The van der Waals surface area contributed by atoms with Crippen LogP contribution in [0.1, 0.15) is 19.7 Å². The fourth-order valence-electron chi connectivity index (χ4n) is 0.788. The lowest BCUT2D eigenvalue weighted by molar-refractivity contribution is -0.182. The van der Waals surface area contributed by atoms with Crippen LogP contribution < -0.4 is 5.73 Å². The van der Waals surface area contributed by atoms with Crippen molar-refractivity contribution in [3.63, 3.8) is 0 Å². The number of rotatable bonds is 1. The van der Waals surface area contributed by atoms with Crippen molar-refractivity contribution in [3.05, 3.63) is 18.2 Å². The van der Waals surface area contributed by atoms with Crippen LogP contribution in [-0.2, 0) is 5.41 Å². The Balaban J connectivity index is 3.10. The number of nitrogens with zero attached hydrogens (tertiary/aromatic N) is 2. The maximum Gasteiger partial charge on any atom is 0.400 e. The van der Waals surface area contributed by atoms with Crippen LogP contribution in [0.5, 0.6) is 0 Å². The van der Waals surface area contributed by atoms with Crippen LogP contribution in [0.3, 0.4) is 0 Å². The fourth-order valence-corrected chi connectivity index (χ4v) is 0.788. The highest BCUT2D eigenvalue weighted by Gasteiger charge is 2.50. The molecule has 0 atom stereocenters. The van der Waals surface area contributed by atoms with E-state index >= 15 is 0 Å². The zero-order chi connectivity index (χ0) is 11.0. The third-order valence-corrected chi connectivity index (χ3v) is 1.94. The molecule has 6 heteroatoms. The van der Waals surface area contributed by atoms with Crippen LogP contribution in [0, 0.1) is 0 Å². The molecule has 0 aliphatic carbocycles. The van der Waals surface area contributed by atoms with Crippen LogP contribution in [0.4, 0.5) is 18.9 Å². The Kier molecular flexibility index (Phi) is 2.39. The Bertz CT molecular complexity index is 316. The van der Waals surface area contributed by atoms with Crippen molar-refractivity contribution in [1.82, 2.24) is 9.97 Å². The molecule has 0 aliphatic rings. The molecule has 0 saturated heterocycles. The third-order valence-electron chi connectivity index (χ3n) is 1.94. The number of aromatic nitrogens is 2. The van der Waals surface area contributed by atoms with Gasteiger partial charge in [-0.05, 0) is 13.8 Å². The summed E-state index contributed by atoms with van der Waals surface area (Å²) in [6.45, 7) is 2.05. The first-order valence-corrected chi connectivity index (χ1v) is 3.90. The average molecular weight is 205 g/mol. The van der Waals surface area contributed by atoms with E-state index in [1.807, 2.05) is 0 Å². The predicted octanol–water partition coefficient (Wildman–Crippen LogP) is 1.90. The van der Waals surface area contributed by atoms with Gasteiger partial charge in [0, 0.05) is 0 Å². The number of halogens is 3. The molecule has 0 radical (unpaired) electrons. The molecule has 0 aliphatic heterocycles. The number of anilines is 1. The monoisotopic (exact) mass is 205 g/mol. The van der Waals surface area contributed by atoms with E-state index in [9.17, 15) is 13.2 Å². The van der Waals surface area contributed by atoms with Gasteiger partial charge in [0.1, 0.15) is 11.2 Å². The largest absolute Gasteiger partial charge is 0.400 e. The highest BCUT2D eigenvalue weighted by atomic mass is 19.4. The van der Waals surface area contributed by atoms with Gasteiger partial charge in [0.25, 0.3) is 0 Å². The summed E-state index contributed by atoms with van der Waals surface area (Å²) in [4.78, 5) is 7.12. The molecule has 1 aromatic heterocycles. The van der Waals surface area contributed by atoms with Gasteiger partial charge in [0.15, 0.2) is 0 Å². The standard InChI is InChI=1S/C8H10F3N3/c1-7(2,8(9,10)11)6-13-3-5(12)4-14-6/h3-4H,12H2,1-2H3. The molecule has 14 heavy (non-hydrogen) atoms. The fraction of sp³-hybridized carbons (Fsp3) is 0.500. The van der Waals surface area contributed by atoms with E-state index in [0.29, 0.717) is 0 Å². The summed E-state index contributed by atoms with van der Waals surface area (Å²) in [5.74, 6) is -0.279. The first-order chi connectivity index (χ1) is 6.25. The predicted molar refractivity (Wildman–Crippen MR) is 45.5 cm³/mol. The van der Waals surface area contributed by atoms with Crippen LogP contribution in [0.15, 0.2) is 12.4 Å². The van der Waals surface area contributed by atoms with Crippen molar-refractivity contribution in [2.75, 3.05) is 5.73 Å². The van der Waals surface area contributed by atoms with Gasteiger partial charge in [-0.3, -0.25) is 0 Å². The van der Waals surface area contributed by atoms with E-state index in [0.717, 1.165) is 26.2 Å². The molecule has 1 heterocycles. The summed E-state index contributed by atoms with van der Waals surface area (Å²) in [5, 5.41) is 0. The van der Waals surface area contributed by atoms with Crippen LogP contribution in [0.25, 0.3) is 0 Å². The van der Waals surface area contributed by atoms with Crippen molar-refractivity contribution in [1.29, 1.82) is 0 Å². The molecule has 0 saturated carbocycles. The van der Waals surface area contributed by atoms with E-state index in [1.54, 1.807) is 0 Å². The maximum absolute atomic E-state index is 12.5. The molecule has 0 unspecified atom stereocenters. The first-order valence-electron chi connectivity index (χ1n) is 3.90. The van der Waals surface area contributed by atoms with Crippen LogP contribution >= 0.6 is 0 Å². The van der Waals surface area contributed by atoms with Gasteiger partial charge in [-0.25, -0.2) is 9.97 Å². The average Bonchev–Trinajstić information content (AvgIpc) is 2.03. The second kappa shape index (κ2) is 3.11. The number of nitrogens with two attached hydrogens (primary N) is 1. The molecular formula is C8H10F3N3. The summed E-state index contributed by atoms with van der Waals surface area (Å²) in [5.41, 5.74) is 3.46. The number of hydrogen-bond donors (Lipinski definition) is 1. The van der Waals surface area contributed by atoms with Gasteiger partial charge >= 0.3 is 6.18 Å². The van der Waals surface area contributed by atoms with Crippen molar-refractivity contribution in [2.24, 2.45) is 0 Å². The minimum atomic E-state index is -4.37. The molecule has 78 valence electrons. The summed E-state index contributed by atoms with van der Waals surface area (Å²) >= 11 is 0. The Hall–Kier alpha value is -1.33. The summed E-state index contributed by atoms with van der Waals surface area (Å²) in [6, 6.07) is 0. The zero-order valence-corrected chi connectivity index (χ0v) is 7.76. The van der Waals surface area contributed by atoms with Crippen LogP contribution in [-0.4, -0.2) is 16.1 Å².